The minimum Gasteiger partial charge on any atom is -0.497 e. The van der Waals surface area contributed by atoms with Crippen LogP contribution in [-0.2, 0) is 6.54 Å². The first-order chi connectivity index (χ1) is 7.74. The Labute approximate surface area is 97.5 Å². The number of halogens is 1. The molecule has 84 valence electrons. The fourth-order valence-electron chi connectivity index (χ4n) is 1.46. The van der Waals surface area contributed by atoms with Crippen molar-refractivity contribution < 1.29 is 9.13 Å². The van der Waals surface area contributed by atoms with Gasteiger partial charge in [-0.25, -0.2) is 4.39 Å². The Morgan fingerprint density at radius 1 is 1.31 bits per heavy atom. The summed E-state index contributed by atoms with van der Waals surface area (Å²) in [6.45, 7) is 0.489. The number of hydrogen-bond donors (Lipinski definition) is 1. The van der Waals surface area contributed by atoms with Crippen LogP contribution in [0, 0.1) is 5.82 Å². The number of benzene rings is 1. The Morgan fingerprint density at radius 2 is 2.12 bits per heavy atom. The summed E-state index contributed by atoms with van der Waals surface area (Å²) in [5.41, 5.74) is 6.11. The van der Waals surface area contributed by atoms with Crippen molar-refractivity contribution in [3.63, 3.8) is 0 Å². The molecule has 0 aliphatic carbocycles. The quantitative estimate of drug-likeness (QED) is 0.890. The Balaban J connectivity index is 2.40. The van der Waals surface area contributed by atoms with Gasteiger partial charge in [0.25, 0.3) is 0 Å². The summed E-state index contributed by atoms with van der Waals surface area (Å²) in [5, 5.41) is 0. The summed E-state index contributed by atoms with van der Waals surface area (Å²) in [6, 6.07) is 8.67. The van der Waals surface area contributed by atoms with Crippen LogP contribution >= 0.6 is 11.3 Å². The lowest BCUT2D eigenvalue weighted by molar-refractivity contribution is 0.411. The summed E-state index contributed by atoms with van der Waals surface area (Å²) < 4.78 is 18.7. The van der Waals surface area contributed by atoms with Gasteiger partial charge < -0.3 is 10.5 Å². The molecule has 0 unspecified atom stereocenters. The standard InChI is InChI=1S/C12H12FNOS/c1-15-8-2-4-10(11(13)6-8)12-5-3-9(7-14)16-12/h2-6H,7,14H2,1H3. The van der Waals surface area contributed by atoms with Gasteiger partial charge in [-0.05, 0) is 24.3 Å². The molecule has 0 saturated heterocycles. The summed E-state index contributed by atoms with van der Waals surface area (Å²) in [7, 11) is 1.52. The van der Waals surface area contributed by atoms with Crippen LogP contribution in [0.4, 0.5) is 4.39 Å². The molecule has 2 rings (SSSR count). The molecule has 0 radical (unpaired) electrons. The maximum atomic E-state index is 13.7. The maximum Gasteiger partial charge on any atom is 0.135 e. The normalized spacial score (nSPS) is 10.4. The van der Waals surface area contributed by atoms with Gasteiger partial charge in [0, 0.05) is 27.9 Å². The molecule has 0 amide bonds. The molecule has 16 heavy (non-hydrogen) atoms. The Hall–Kier alpha value is -1.39. The van der Waals surface area contributed by atoms with E-state index in [2.05, 4.69) is 0 Å². The summed E-state index contributed by atoms with van der Waals surface area (Å²) in [5.74, 6) is 0.252. The largest absolute Gasteiger partial charge is 0.497 e. The average molecular weight is 237 g/mol. The molecule has 0 aliphatic rings. The van der Waals surface area contributed by atoms with Crippen LogP contribution in [0.5, 0.6) is 5.75 Å². The van der Waals surface area contributed by atoms with Gasteiger partial charge in [0.15, 0.2) is 0 Å². The van der Waals surface area contributed by atoms with Crippen molar-refractivity contribution in [2.24, 2.45) is 5.73 Å². The van der Waals surface area contributed by atoms with E-state index >= 15 is 0 Å². The Bertz CT molecular complexity index is 496. The SMILES string of the molecule is COc1ccc(-c2ccc(CN)s2)c(F)c1. The fraction of sp³-hybridized carbons (Fsp3) is 0.167. The highest BCUT2D eigenvalue weighted by molar-refractivity contribution is 7.15. The number of nitrogens with two attached hydrogens (primary N) is 1. The number of rotatable bonds is 3. The van der Waals surface area contributed by atoms with E-state index in [1.165, 1.54) is 24.5 Å². The van der Waals surface area contributed by atoms with Gasteiger partial charge in [-0.2, -0.15) is 0 Å². The van der Waals surface area contributed by atoms with Crippen LogP contribution in [0.25, 0.3) is 10.4 Å². The molecule has 0 fully saturated rings. The third kappa shape index (κ3) is 2.08. The van der Waals surface area contributed by atoms with E-state index in [1.54, 1.807) is 12.1 Å². The van der Waals surface area contributed by atoms with Crippen LogP contribution in [0.15, 0.2) is 30.3 Å². The van der Waals surface area contributed by atoms with Crippen molar-refractivity contribution in [2.45, 2.75) is 6.54 Å². The lowest BCUT2D eigenvalue weighted by atomic mass is 10.1. The van der Waals surface area contributed by atoms with Gasteiger partial charge in [0.05, 0.1) is 7.11 Å². The van der Waals surface area contributed by atoms with Crippen LogP contribution < -0.4 is 10.5 Å². The zero-order chi connectivity index (χ0) is 11.5. The first kappa shape index (κ1) is 11.1. The number of hydrogen-bond acceptors (Lipinski definition) is 3. The molecule has 0 aliphatic heterocycles. The zero-order valence-electron chi connectivity index (χ0n) is 8.87. The molecular formula is C12H12FNOS. The van der Waals surface area contributed by atoms with Crippen LogP contribution in [0.1, 0.15) is 4.88 Å². The second-order valence-electron chi connectivity index (χ2n) is 3.32. The lowest BCUT2D eigenvalue weighted by Gasteiger charge is -2.03. The molecule has 2 nitrogen and oxygen atoms in total. The van der Waals surface area contributed by atoms with Crippen molar-refractivity contribution >= 4 is 11.3 Å². The number of methoxy groups -OCH3 is 1. The molecule has 2 aromatic rings. The van der Waals surface area contributed by atoms with E-state index in [0.717, 1.165) is 9.75 Å². The molecule has 1 heterocycles. The van der Waals surface area contributed by atoms with Gasteiger partial charge in [0.1, 0.15) is 11.6 Å². The third-order valence-electron chi connectivity index (χ3n) is 2.30. The van der Waals surface area contributed by atoms with Crippen molar-refractivity contribution in [3.8, 4) is 16.2 Å². The highest BCUT2D eigenvalue weighted by Crippen LogP contribution is 2.31. The van der Waals surface area contributed by atoms with Gasteiger partial charge in [-0.3, -0.25) is 0 Å². The molecule has 0 atom stereocenters. The second kappa shape index (κ2) is 4.63. The molecule has 2 N–H and O–H groups in total. The maximum absolute atomic E-state index is 13.7. The molecule has 0 spiro atoms. The monoisotopic (exact) mass is 237 g/mol. The van der Waals surface area contributed by atoms with Crippen LogP contribution in [0.2, 0.25) is 0 Å². The Morgan fingerprint density at radius 3 is 2.69 bits per heavy atom. The summed E-state index contributed by atoms with van der Waals surface area (Å²) in [6.07, 6.45) is 0. The van der Waals surface area contributed by atoms with E-state index in [1.807, 2.05) is 12.1 Å². The zero-order valence-corrected chi connectivity index (χ0v) is 9.68. The molecule has 0 bridgehead atoms. The molecular weight excluding hydrogens is 225 g/mol. The van der Waals surface area contributed by atoms with Crippen molar-refractivity contribution in [3.05, 3.63) is 41.0 Å². The fourth-order valence-corrected chi connectivity index (χ4v) is 2.37. The highest BCUT2D eigenvalue weighted by Gasteiger charge is 2.08. The van der Waals surface area contributed by atoms with Crippen molar-refractivity contribution in [1.82, 2.24) is 0 Å². The molecule has 1 aromatic carbocycles. The summed E-state index contributed by atoms with van der Waals surface area (Å²) in [4.78, 5) is 1.94. The smallest absolute Gasteiger partial charge is 0.135 e. The topological polar surface area (TPSA) is 35.2 Å². The number of thiophene rings is 1. The van der Waals surface area contributed by atoms with Gasteiger partial charge >= 0.3 is 0 Å². The molecule has 4 heteroatoms. The van der Waals surface area contributed by atoms with E-state index in [-0.39, 0.29) is 5.82 Å². The first-order valence-corrected chi connectivity index (χ1v) is 5.69. The second-order valence-corrected chi connectivity index (χ2v) is 4.48. The minimum atomic E-state index is -0.273. The third-order valence-corrected chi connectivity index (χ3v) is 3.45. The van der Waals surface area contributed by atoms with Crippen LogP contribution in [0.3, 0.4) is 0 Å². The van der Waals surface area contributed by atoms with E-state index in [4.69, 9.17) is 10.5 Å². The van der Waals surface area contributed by atoms with Gasteiger partial charge in [0.2, 0.25) is 0 Å². The van der Waals surface area contributed by atoms with Gasteiger partial charge in [-0.1, -0.05) is 0 Å². The lowest BCUT2D eigenvalue weighted by Crippen LogP contribution is -1.91. The Kier molecular flexibility index (Phi) is 3.22. The summed E-state index contributed by atoms with van der Waals surface area (Å²) >= 11 is 1.51. The van der Waals surface area contributed by atoms with E-state index in [9.17, 15) is 4.39 Å². The van der Waals surface area contributed by atoms with E-state index < -0.39 is 0 Å². The van der Waals surface area contributed by atoms with Crippen LogP contribution in [-0.4, -0.2) is 7.11 Å². The van der Waals surface area contributed by atoms with Crippen molar-refractivity contribution in [1.29, 1.82) is 0 Å². The predicted molar refractivity (Wildman–Crippen MR) is 64.2 cm³/mol. The first-order valence-electron chi connectivity index (χ1n) is 4.87. The van der Waals surface area contributed by atoms with Gasteiger partial charge in [-0.15, -0.1) is 11.3 Å². The number of ether oxygens (including phenoxy) is 1. The van der Waals surface area contributed by atoms with E-state index in [0.29, 0.717) is 17.9 Å². The highest BCUT2D eigenvalue weighted by atomic mass is 32.1. The molecule has 0 saturated carbocycles. The predicted octanol–water partition coefficient (Wildman–Crippen LogP) is 3.02. The van der Waals surface area contributed by atoms with Crippen molar-refractivity contribution in [2.75, 3.05) is 7.11 Å². The average Bonchev–Trinajstić information content (AvgIpc) is 2.77. The molecule has 1 aromatic heterocycles. The minimum absolute atomic E-state index is 0.273.